The van der Waals surface area contributed by atoms with Crippen LogP contribution >= 0.6 is 0 Å². The summed E-state index contributed by atoms with van der Waals surface area (Å²) >= 11 is 0. The zero-order chi connectivity index (χ0) is 13.8. The van der Waals surface area contributed by atoms with E-state index in [4.69, 9.17) is 0 Å². The first-order valence-electron chi connectivity index (χ1n) is 8.29. The molecule has 1 unspecified atom stereocenters. The SMILES string of the molecule is CC(CN1CCCCC1)n1cncc1C1CCNCC1. The Hall–Kier alpha value is -0.870. The van der Waals surface area contributed by atoms with Crippen molar-refractivity contribution in [3.8, 4) is 0 Å². The summed E-state index contributed by atoms with van der Waals surface area (Å²) in [5.41, 5.74) is 1.45. The predicted molar refractivity (Wildman–Crippen MR) is 82.1 cm³/mol. The Bertz CT molecular complexity index is 402. The van der Waals surface area contributed by atoms with E-state index in [1.807, 2.05) is 6.33 Å². The van der Waals surface area contributed by atoms with Crippen molar-refractivity contribution in [2.45, 2.75) is 51.0 Å². The number of aromatic nitrogens is 2. The van der Waals surface area contributed by atoms with Gasteiger partial charge in [0.2, 0.25) is 0 Å². The maximum Gasteiger partial charge on any atom is 0.0951 e. The molecule has 2 saturated heterocycles. The van der Waals surface area contributed by atoms with Gasteiger partial charge in [-0.3, -0.25) is 0 Å². The first-order chi connectivity index (χ1) is 9.84. The molecule has 2 aliphatic heterocycles. The first kappa shape index (κ1) is 14.1. The van der Waals surface area contributed by atoms with E-state index in [-0.39, 0.29) is 0 Å². The van der Waals surface area contributed by atoms with E-state index >= 15 is 0 Å². The molecule has 112 valence electrons. The van der Waals surface area contributed by atoms with Gasteiger partial charge in [-0.2, -0.15) is 0 Å². The molecule has 0 aromatic carbocycles. The molecule has 1 aromatic rings. The Morgan fingerprint density at radius 3 is 2.75 bits per heavy atom. The third kappa shape index (κ3) is 3.23. The average Bonchev–Trinajstić information content (AvgIpc) is 2.99. The van der Waals surface area contributed by atoms with Crippen LogP contribution in [-0.4, -0.2) is 47.2 Å². The van der Waals surface area contributed by atoms with Crippen molar-refractivity contribution in [2.75, 3.05) is 32.7 Å². The van der Waals surface area contributed by atoms with Crippen LogP contribution in [0.4, 0.5) is 0 Å². The van der Waals surface area contributed by atoms with Gasteiger partial charge in [0.1, 0.15) is 0 Å². The second kappa shape index (κ2) is 6.72. The molecular formula is C16H28N4. The van der Waals surface area contributed by atoms with Gasteiger partial charge in [-0.05, 0) is 58.8 Å². The number of imidazole rings is 1. The van der Waals surface area contributed by atoms with Crippen molar-refractivity contribution in [1.29, 1.82) is 0 Å². The van der Waals surface area contributed by atoms with E-state index in [1.165, 1.54) is 57.4 Å². The molecule has 3 rings (SSSR count). The monoisotopic (exact) mass is 276 g/mol. The van der Waals surface area contributed by atoms with Crippen molar-refractivity contribution in [2.24, 2.45) is 0 Å². The number of piperidine rings is 2. The fourth-order valence-corrected chi connectivity index (χ4v) is 3.72. The summed E-state index contributed by atoms with van der Waals surface area (Å²) < 4.78 is 2.44. The topological polar surface area (TPSA) is 33.1 Å². The van der Waals surface area contributed by atoms with Gasteiger partial charge in [0.25, 0.3) is 0 Å². The molecule has 1 N–H and O–H groups in total. The second-order valence-electron chi connectivity index (χ2n) is 6.46. The van der Waals surface area contributed by atoms with Gasteiger partial charge in [-0.1, -0.05) is 6.42 Å². The summed E-state index contributed by atoms with van der Waals surface area (Å²) in [6, 6.07) is 0.542. The third-order valence-corrected chi connectivity index (χ3v) is 4.90. The maximum atomic E-state index is 4.44. The summed E-state index contributed by atoms with van der Waals surface area (Å²) in [5.74, 6) is 0.697. The highest BCUT2D eigenvalue weighted by Crippen LogP contribution is 2.27. The summed E-state index contributed by atoms with van der Waals surface area (Å²) in [5, 5.41) is 3.45. The van der Waals surface area contributed by atoms with E-state index in [2.05, 4.69) is 32.9 Å². The summed E-state index contributed by atoms with van der Waals surface area (Å²) in [6.07, 6.45) is 10.8. The molecule has 1 aromatic heterocycles. The highest BCUT2D eigenvalue weighted by atomic mass is 15.2. The number of nitrogens with one attached hydrogen (secondary N) is 1. The minimum absolute atomic E-state index is 0.542. The third-order valence-electron chi connectivity index (χ3n) is 4.90. The highest BCUT2D eigenvalue weighted by molar-refractivity contribution is 5.09. The number of rotatable bonds is 4. The zero-order valence-electron chi connectivity index (χ0n) is 12.7. The normalized spacial score (nSPS) is 23.9. The van der Waals surface area contributed by atoms with E-state index in [0.717, 1.165) is 13.1 Å². The van der Waals surface area contributed by atoms with Crippen LogP contribution < -0.4 is 5.32 Å². The number of nitrogens with zero attached hydrogens (tertiary/aromatic N) is 3. The van der Waals surface area contributed by atoms with Crippen LogP contribution in [0.2, 0.25) is 0 Å². The molecule has 0 amide bonds. The van der Waals surface area contributed by atoms with Crippen molar-refractivity contribution < 1.29 is 0 Å². The summed E-state index contributed by atoms with van der Waals surface area (Å²) in [7, 11) is 0. The minimum Gasteiger partial charge on any atom is -0.330 e. The maximum absolute atomic E-state index is 4.44. The Morgan fingerprint density at radius 2 is 2.00 bits per heavy atom. The molecule has 4 nitrogen and oxygen atoms in total. The van der Waals surface area contributed by atoms with Crippen LogP contribution in [0.5, 0.6) is 0 Å². The van der Waals surface area contributed by atoms with Crippen molar-refractivity contribution in [3.63, 3.8) is 0 Å². The lowest BCUT2D eigenvalue weighted by Gasteiger charge is -2.31. The summed E-state index contributed by atoms with van der Waals surface area (Å²) in [6.45, 7) is 8.38. The quantitative estimate of drug-likeness (QED) is 0.916. The van der Waals surface area contributed by atoms with Gasteiger partial charge in [0, 0.05) is 30.4 Å². The van der Waals surface area contributed by atoms with Gasteiger partial charge < -0.3 is 14.8 Å². The largest absolute Gasteiger partial charge is 0.330 e. The average molecular weight is 276 g/mol. The fraction of sp³-hybridized carbons (Fsp3) is 0.812. The molecule has 0 saturated carbocycles. The van der Waals surface area contributed by atoms with Crippen LogP contribution in [-0.2, 0) is 0 Å². The van der Waals surface area contributed by atoms with Crippen molar-refractivity contribution in [1.82, 2.24) is 19.8 Å². The molecule has 0 aliphatic carbocycles. The van der Waals surface area contributed by atoms with Crippen LogP contribution in [0.15, 0.2) is 12.5 Å². The molecule has 2 fully saturated rings. The highest BCUT2D eigenvalue weighted by Gasteiger charge is 2.22. The Labute approximate surface area is 122 Å². The Kier molecular flexibility index (Phi) is 4.73. The van der Waals surface area contributed by atoms with Gasteiger partial charge in [0.05, 0.1) is 6.33 Å². The van der Waals surface area contributed by atoms with Gasteiger partial charge >= 0.3 is 0 Å². The van der Waals surface area contributed by atoms with Crippen LogP contribution in [0.25, 0.3) is 0 Å². The molecule has 0 spiro atoms. The lowest BCUT2D eigenvalue weighted by Crippen LogP contribution is -2.35. The van der Waals surface area contributed by atoms with Gasteiger partial charge in [-0.15, -0.1) is 0 Å². The molecular weight excluding hydrogens is 248 g/mol. The summed E-state index contributed by atoms with van der Waals surface area (Å²) in [4.78, 5) is 7.06. The van der Waals surface area contributed by atoms with Crippen LogP contribution in [0.1, 0.15) is 56.7 Å². The lowest BCUT2D eigenvalue weighted by molar-refractivity contribution is 0.199. The molecule has 4 heteroatoms. The molecule has 0 radical (unpaired) electrons. The van der Waals surface area contributed by atoms with E-state index in [0.29, 0.717) is 12.0 Å². The Balaban J connectivity index is 1.64. The predicted octanol–water partition coefficient (Wildman–Crippen LogP) is 2.40. The smallest absolute Gasteiger partial charge is 0.0951 e. The molecule has 0 bridgehead atoms. The van der Waals surface area contributed by atoms with Crippen LogP contribution in [0, 0.1) is 0 Å². The minimum atomic E-state index is 0.542. The molecule has 2 aliphatic rings. The number of hydrogen-bond acceptors (Lipinski definition) is 3. The molecule has 20 heavy (non-hydrogen) atoms. The van der Waals surface area contributed by atoms with Gasteiger partial charge in [0.15, 0.2) is 0 Å². The van der Waals surface area contributed by atoms with Crippen molar-refractivity contribution in [3.05, 3.63) is 18.2 Å². The van der Waals surface area contributed by atoms with Crippen LogP contribution in [0.3, 0.4) is 0 Å². The molecule has 1 atom stereocenters. The lowest BCUT2D eigenvalue weighted by atomic mass is 9.94. The van der Waals surface area contributed by atoms with E-state index < -0.39 is 0 Å². The zero-order valence-corrected chi connectivity index (χ0v) is 12.7. The number of likely N-dealkylation sites (tertiary alicyclic amines) is 1. The fourth-order valence-electron chi connectivity index (χ4n) is 3.72. The van der Waals surface area contributed by atoms with Crippen molar-refractivity contribution >= 4 is 0 Å². The van der Waals surface area contributed by atoms with Gasteiger partial charge in [-0.25, -0.2) is 4.98 Å². The van der Waals surface area contributed by atoms with E-state index in [1.54, 1.807) is 0 Å². The van der Waals surface area contributed by atoms with E-state index in [9.17, 15) is 0 Å². The second-order valence-corrected chi connectivity index (χ2v) is 6.46. The molecule has 3 heterocycles. The Morgan fingerprint density at radius 1 is 1.25 bits per heavy atom. The standard InChI is InChI=1S/C16H28N4/c1-14(12-19-9-3-2-4-10-19)20-13-18-11-16(20)15-5-7-17-8-6-15/h11,13-15,17H,2-10,12H2,1H3. The first-order valence-corrected chi connectivity index (χ1v) is 8.29. The number of hydrogen-bond donors (Lipinski definition) is 1.